The molecule has 9 heteroatoms. The van der Waals surface area contributed by atoms with Crippen LogP contribution >= 0.6 is 0 Å². The fourth-order valence-electron chi connectivity index (χ4n) is 1.90. The molecular weight excluding hydrogens is 267 g/mol. The number of ether oxygens (including phenoxy) is 1. The highest BCUT2D eigenvalue weighted by atomic mass is 19.4. The van der Waals surface area contributed by atoms with Crippen molar-refractivity contribution in [1.82, 2.24) is 15.5 Å². The van der Waals surface area contributed by atoms with E-state index in [2.05, 4.69) is 10.1 Å². The van der Waals surface area contributed by atoms with Crippen molar-refractivity contribution in [2.75, 3.05) is 7.11 Å². The van der Waals surface area contributed by atoms with Crippen LogP contribution in [0.5, 0.6) is 0 Å². The van der Waals surface area contributed by atoms with Crippen molar-refractivity contribution in [3.8, 4) is 0 Å². The Morgan fingerprint density at radius 3 is 2.84 bits per heavy atom. The Bertz CT molecular complexity index is 460. The second-order valence-corrected chi connectivity index (χ2v) is 4.28. The number of nitrogens with one attached hydrogen (secondary N) is 1. The maximum absolute atomic E-state index is 12.5. The number of rotatable bonds is 4. The van der Waals surface area contributed by atoms with E-state index in [0.717, 1.165) is 0 Å². The van der Waals surface area contributed by atoms with Gasteiger partial charge < -0.3 is 14.6 Å². The molecule has 2 rings (SSSR count). The number of halogens is 3. The van der Waals surface area contributed by atoms with E-state index in [1.807, 2.05) is 5.32 Å². The monoisotopic (exact) mass is 279 g/mol. The van der Waals surface area contributed by atoms with Crippen LogP contribution in [0.15, 0.2) is 4.52 Å². The third-order valence-electron chi connectivity index (χ3n) is 2.81. The predicted octanol–water partition coefficient (Wildman–Crippen LogP) is 0.826. The maximum Gasteiger partial charge on any atom is 0.408 e. The van der Waals surface area contributed by atoms with Crippen LogP contribution in [0.3, 0.4) is 0 Å². The Labute approximate surface area is 106 Å². The van der Waals surface area contributed by atoms with Gasteiger partial charge in [-0.1, -0.05) is 5.16 Å². The Morgan fingerprint density at radius 2 is 2.26 bits per heavy atom. The van der Waals surface area contributed by atoms with Gasteiger partial charge in [-0.3, -0.25) is 4.79 Å². The second-order valence-electron chi connectivity index (χ2n) is 4.28. The zero-order valence-corrected chi connectivity index (χ0v) is 10.0. The van der Waals surface area contributed by atoms with Crippen LogP contribution in [0.2, 0.25) is 0 Å². The van der Waals surface area contributed by atoms with E-state index in [0.29, 0.717) is 5.82 Å². The molecule has 0 saturated carbocycles. The lowest BCUT2D eigenvalue weighted by Crippen LogP contribution is -2.38. The molecule has 6 nitrogen and oxygen atoms in total. The van der Waals surface area contributed by atoms with Gasteiger partial charge in [0.15, 0.2) is 5.82 Å². The average molecular weight is 279 g/mol. The topological polar surface area (TPSA) is 77.3 Å². The SMILES string of the molecule is COCc1noc(CC2CC(C(F)(F)F)NC2=O)n1. The molecule has 1 amide bonds. The third-order valence-corrected chi connectivity index (χ3v) is 2.81. The largest absolute Gasteiger partial charge is 0.408 e. The summed E-state index contributed by atoms with van der Waals surface area (Å²) in [4.78, 5) is 15.4. The van der Waals surface area contributed by atoms with Crippen LogP contribution in [-0.2, 0) is 22.6 Å². The van der Waals surface area contributed by atoms with Gasteiger partial charge in [-0.2, -0.15) is 18.2 Å². The zero-order chi connectivity index (χ0) is 14.0. The summed E-state index contributed by atoms with van der Waals surface area (Å²) < 4.78 is 47.0. The van der Waals surface area contributed by atoms with Crippen molar-refractivity contribution >= 4 is 5.91 Å². The molecule has 2 unspecified atom stereocenters. The van der Waals surface area contributed by atoms with Crippen molar-refractivity contribution in [2.45, 2.75) is 31.7 Å². The minimum absolute atomic E-state index is 0.00483. The fraction of sp³-hybridized carbons (Fsp3) is 0.700. The van der Waals surface area contributed by atoms with E-state index in [1.54, 1.807) is 0 Å². The second kappa shape index (κ2) is 5.16. The molecule has 2 heterocycles. The first-order chi connectivity index (χ1) is 8.90. The van der Waals surface area contributed by atoms with Gasteiger partial charge in [0.1, 0.15) is 12.6 Å². The lowest BCUT2D eigenvalue weighted by Gasteiger charge is -2.13. The van der Waals surface area contributed by atoms with E-state index >= 15 is 0 Å². The van der Waals surface area contributed by atoms with Crippen LogP contribution in [0.1, 0.15) is 18.1 Å². The molecule has 0 aliphatic carbocycles. The maximum atomic E-state index is 12.5. The molecule has 1 saturated heterocycles. The summed E-state index contributed by atoms with van der Waals surface area (Å²) in [5, 5.41) is 5.49. The number of carbonyl (C=O) groups excluding carboxylic acids is 1. The first-order valence-corrected chi connectivity index (χ1v) is 5.57. The van der Waals surface area contributed by atoms with Crippen LogP contribution in [0.25, 0.3) is 0 Å². The van der Waals surface area contributed by atoms with Crippen molar-refractivity contribution < 1.29 is 27.2 Å². The molecule has 1 aromatic heterocycles. The minimum atomic E-state index is -4.43. The minimum Gasteiger partial charge on any atom is -0.377 e. The Hall–Kier alpha value is -1.64. The molecule has 1 aliphatic heterocycles. The van der Waals surface area contributed by atoms with Gasteiger partial charge in [-0.25, -0.2) is 0 Å². The third kappa shape index (κ3) is 3.22. The highest BCUT2D eigenvalue weighted by molar-refractivity contribution is 5.81. The van der Waals surface area contributed by atoms with Crippen molar-refractivity contribution in [3.05, 3.63) is 11.7 Å². The molecule has 1 aliphatic rings. The fourth-order valence-corrected chi connectivity index (χ4v) is 1.90. The Morgan fingerprint density at radius 1 is 1.53 bits per heavy atom. The van der Waals surface area contributed by atoms with Gasteiger partial charge in [0.25, 0.3) is 0 Å². The average Bonchev–Trinajstić information content (AvgIpc) is 2.87. The highest BCUT2D eigenvalue weighted by Gasteiger charge is 2.48. The van der Waals surface area contributed by atoms with E-state index in [1.165, 1.54) is 7.11 Å². The van der Waals surface area contributed by atoms with Crippen LogP contribution in [-0.4, -0.2) is 35.4 Å². The van der Waals surface area contributed by atoms with Crippen molar-refractivity contribution in [3.63, 3.8) is 0 Å². The van der Waals surface area contributed by atoms with E-state index in [4.69, 9.17) is 9.26 Å². The summed E-state index contributed by atoms with van der Waals surface area (Å²) in [5.74, 6) is -1.02. The summed E-state index contributed by atoms with van der Waals surface area (Å²) in [6, 6.07) is -1.80. The number of nitrogens with zero attached hydrogens (tertiary/aromatic N) is 2. The standard InChI is InChI=1S/C10H12F3N3O3/c1-18-4-7-15-8(19-16-7)3-5-2-6(10(11,12)13)14-9(5)17/h5-6H,2-4H2,1H3,(H,14,17). The number of aromatic nitrogens is 2. The molecule has 0 bridgehead atoms. The van der Waals surface area contributed by atoms with E-state index in [-0.39, 0.29) is 25.3 Å². The predicted molar refractivity (Wildman–Crippen MR) is 54.8 cm³/mol. The molecule has 19 heavy (non-hydrogen) atoms. The van der Waals surface area contributed by atoms with Gasteiger partial charge in [0.05, 0.1) is 0 Å². The van der Waals surface area contributed by atoms with Gasteiger partial charge in [0.2, 0.25) is 11.8 Å². The van der Waals surface area contributed by atoms with Crippen molar-refractivity contribution in [1.29, 1.82) is 0 Å². The first-order valence-electron chi connectivity index (χ1n) is 5.57. The van der Waals surface area contributed by atoms with Gasteiger partial charge >= 0.3 is 6.18 Å². The number of alkyl halides is 3. The summed E-state index contributed by atoms with van der Waals surface area (Å²) in [6.07, 6.45) is -4.75. The number of amides is 1. The Balaban J connectivity index is 1.97. The van der Waals surface area contributed by atoms with E-state index < -0.39 is 24.0 Å². The first kappa shape index (κ1) is 13.8. The molecule has 1 aromatic rings. The molecule has 1 N–H and O–H groups in total. The molecular formula is C10H12F3N3O3. The van der Waals surface area contributed by atoms with E-state index in [9.17, 15) is 18.0 Å². The normalized spacial score (nSPS) is 23.7. The smallest absolute Gasteiger partial charge is 0.377 e. The summed E-state index contributed by atoms with van der Waals surface area (Å²) in [6.45, 7) is 0.144. The molecule has 106 valence electrons. The number of methoxy groups -OCH3 is 1. The van der Waals surface area contributed by atoms with Crippen LogP contribution in [0, 0.1) is 5.92 Å². The highest BCUT2D eigenvalue weighted by Crippen LogP contribution is 2.30. The number of hydrogen-bond donors (Lipinski definition) is 1. The van der Waals surface area contributed by atoms with Crippen LogP contribution < -0.4 is 5.32 Å². The molecule has 2 atom stereocenters. The Kier molecular flexibility index (Phi) is 3.74. The van der Waals surface area contributed by atoms with Gasteiger partial charge in [0, 0.05) is 19.4 Å². The molecule has 0 radical (unpaired) electrons. The zero-order valence-electron chi connectivity index (χ0n) is 10.0. The number of carbonyl (C=O) groups is 1. The summed E-state index contributed by atoms with van der Waals surface area (Å²) in [5.41, 5.74) is 0. The summed E-state index contributed by atoms with van der Waals surface area (Å²) >= 11 is 0. The van der Waals surface area contributed by atoms with Crippen molar-refractivity contribution in [2.24, 2.45) is 5.92 Å². The lowest BCUT2D eigenvalue weighted by atomic mass is 10.0. The number of hydrogen-bond acceptors (Lipinski definition) is 5. The van der Waals surface area contributed by atoms with Gasteiger partial charge in [-0.05, 0) is 6.42 Å². The summed E-state index contributed by atoms with van der Waals surface area (Å²) in [7, 11) is 1.45. The van der Waals surface area contributed by atoms with Crippen LogP contribution in [0.4, 0.5) is 13.2 Å². The molecule has 0 aromatic carbocycles. The van der Waals surface area contributed by atoms with Gasteiger partial charge in [-0.15, -0.1) is 0 Å². The molecule has 1 fully saturated rings. The molecule has 0 spiro atoms. The lowest BCUT2D eigenvalue weighted by molar-refractivity contribution is -0.154. The quantitative estimate of drug-likeness (QED) is 0.883.